The molecule has 0 aliphatic rings. The smallest absolute Gasteiger partial charge is 0.271 e. The summed E-state index contributed by atoms with van der Waals surface area (Å²) >= 11 is 6.00. The molecule has 0 atom stereocenters. The second-order valence-corrected chi connectivity index (χ2v) is 6.52. The molecule has 3 aromatic rings. The van der Waals surface area contributed by atoms with E-state index in [0.717, 1.165) is 16.9 Å². The number of nitrogens with zero attached hydrogens (tertiary/aromatic N) is 1. The lowest BCUT2D eigenvalue weighted by Crippen LogP contribution is -2.17. The minimum atomic E-state index is -0.402. The molecule has 3 aromatic carbocycles. The monoisotopic (exact) mass is 396 g/mol. The Labute approximate surface area is 167 Å². The maximum absolute atomic E-state index is 13.5. The summed E-state index contributed by atoms with van der Waals surface area (Å²) in [5.74, 6) is -0.0553. The van der Waals surface area contributed by atoms with Crippen LogP contribution in [0.3, 0.4) is 0 Å². The van der Waals surface area contributed by atoms with Crippen molar-refractivity contribution >= 4 is 23.7 Å². The largest absolute Gasteiger partial charge is 0.489 e. The highest BCUT2D eigenvalue weighted by Crippen LogP contribution is 2.21. The van der Waals surface area contributed by atoms with Gasteiger partial charge in [-0.05, 0) is 54.4 Å². The molecule has 0 aliphatic heterocycles. The average Bonchev–Trinajstić information content (AvgIpc) is 2.70. The number of nitrogens with one attached hydrogen (secondary N) is 1. The fourth-order valence-corrected chi connectivity index (χ4v) is 2.55. The van der Waals surface area contributed by atoms with E-state index < -0.39 is 5.82 Å². The fraction of sp³-hybridized carbons (Fsp3) is 0.0909. The molecule has 1 N–H and O–H groups in total. The first-order chi connectivity index (χ1) is 13.5. The van der Waals surface area contributed by atoms with E-state index in [1.165, 1.54) is 12.3 Å². The standard InChI is InChI=1S/C22H18ClFN2O2/c1-15-12-19(10-11-20(15)23)28-14-16-6-8-17(9-7-16)22(27)26-25-13-18-4-2-3-5-21(18)24/h2-13H,14H2,1H3,(H,26,27)/b25-13-. The summed E-state index contributed by atoms with van der Waals surface area (Å²) in [5, 5.41) is 4.49. The topological polar surface area (TPSA) is 50.7 Å². The van der Waals surface area contributed by atoms with Crippen molar-refractivity contribution in [2.75, 3.05) is 0 Å². The van der Waals surface area contributed by atoms with Crippen molar-refractivity contribution in [3.05, 3.63) is 99.8 Å². The zero-order valence-electron chi connectivity index (χ0n) is 15.2. The van der Waals surface area contributed by atoms with Gasteiger partial charge in [-0.3, -0.25) is 4.79 Å². The van der Waals surface area contributed by atoms with E-state index in [1.54, 1.807) is 48.5 Å². The normalized spacial score (nSPS) is 10.8. The molecule has 0 unspecified atom stereocenters. The van der Waals surface area contributed by atoms with Crippen molar-refractivity contribution in [2.24, 2.45) is 5.10 Å². The number of ether oxygens (including phenoxy) is 1. The lowest BCUT2D eigenvalue weighted by molar-refractivity contribution is 0.0955. The number of aryl methyl sites for hydroxylation is 1. The highest BCUT2D eigenvalue weighted by molar-refractivity contribution is 6.31. The minimum Gasteiger partial charge on any atom is -0.489 e. The van der Waals surface area contributed by atoms with Crippen molar-refractivity contribution in [1.29, 1.82) is 0 Å². The molecule has 142 valence electrons. The molecule has 1 amide bonds. The number of hydrogen-bond donors (Lipinski definition) is 1. The lowest BCUT2D eigenvalue weighted by atomic mass is 10.1. The lowest BCUT2D eigenvalue weighted by Gasteiger charge is -2.08. The molecule has 0 heterocycles. The van der Waals surface area contributed by atoms with E-state index in [1.807, 2.05) is 19.1 Å². The summed E-state index contributed by atoms with van der Waals surface area (Å²) in [7, 11) is 0. The first-order valence-corrected chi connectivity index (χ1v) is 8.96. The molecule has 3 rings (SSSR count). The van der Waals surface area contributed by atoms with Gasteiger partial charge in [0.1, 0.15) is 18.2 Å². The van der Waals surface area contributed by atoms with Crippen molar-refractivity contribution < 1.29 is 13.9 Å². The van der Waals surface area contributed by atoms with Crippen LogP contribution in [0, 0.1) is 12.7 Å². The Balaban J connectivity index is 1.55. The van der Waals surface area contributed by atoms with Gasteiger partial charge >= 0.3 is 0 Å². The van der Waals surface area contributed by atoms with Crippen LogP contribution < -0.4 is 10.2 Å². The molecule has 0 radical (unpaired) electrons. The molecular formula is C22H18ClFN2O2. The minimum absolute atomic E-state index is 0.299. The molecule has 28 heavy (non-hydrogen) atoms. The number of hydrazone groups is 1. The van der Waals surface area contributed by atoms with Gasteiger partial charge in [-0.2, -0.15) is 5.10 Å². The fourth-order valence-electron chi connectivity index (χ4n) is 2.43. The highest BCUT2D eigenvalue weighted by atomic mass is 35.5. The summed E-state index contributed by atoms with van der Waals surface area (Å²) in [6.07, 6.45) is 1.27. The first-order valence-electron chi connectivity index (χ1n) is 8.59. The molecule has 0 saturated heterocycles. The Morgan fingerprint density at radius 1 is 1.14 bits per heavy atom. The van der Waals surface area contributed by atoms with Gasteiger partial charge < -0.3 is 4.74 Å². The molecule has 0 aliphatic carbocycles. The molecule has 0 fully saturated rings. The number of benzene rings is 3. The third-order valence-electron chi connectivity index (χ3n) is 4.03. The predicted molar refractivity (Wildman–Crippen MR) is 108 cm³/mol. The van der Waals surface area contributed by atoms with Crippen LogP contribution in [0.5, 0.6) is 5.75 Å². The molecule has 4 nitrogen and oxygen atoms in total. The maximum atomic E-state index is 13.5. The van der Waals surface area contributed by atoms with E-state index >= 15 is 0 Å². The van der Waals surface area contributed by atoms with Crippen LogP contribution in [0.25, 0.3) is 0 Å². The molecule has 0 aromatic heterocycles. The molecule has 0 spiro atoms. The summed E-state index contributed by atoms with van der Waals surface area (Å²) in [6, 6.07) is 18.6. The number of carbonyl (C=O) groups is 1. The number of amides is 1. The van der Waals surface area contributed by atoms with Crippen LogP contribution in [0.15, 0.2) is 71.8 Å². The molecule has 0 bridgehead atoms. The summed E-state index contributed by atoms with van der Waals surface area (Å²) in [4.78, 5) is 12.1. The van der Waals surface area contributed by atoms with Crippen LogP contribution in [0.1, 0.15) is 27.0 Å². The number of hydrogen-bond acceptors (Lipinski definition) is 3. The van der Waals surface area contributed by atoms with E-state index in [0.29, 0.717) is 22.8 Å². The van der Waals surface area contributed by atoms with Gasteiger partial charge in [0.2, 0.25) is 0 Å². The van der Waals surface area contributed by atoms with Gasteiger partial charge in [-0.1, -0.05) is 41.9 Å². The Hall–Kier alpha value is -3.18. The van der Waals surface area contributed by atoms with Crippen LogP contribution in [0.2, 0.25) is 5.02 Å². The Morgan fingerprint density at radius 3 is 2.61 bits per heavy atom. The van der Waals surface area contributed by atoms with Crippen molar-refractivity contribution in [2.45, 2.75) is 13.5 Å². The molecule has 0 saturated carbocycles. The van der Waals surface area contributed by atoms with Gasteiger partial charge in [0.05, 0.1) is 6.21 Å². The van der Waals surface area contributed by atoms with E-state index in [4.69, 9.17) is 16.3 Å². The quantitative estimate of drug-likeness (QED) is 0.464. The Morgan fingerprint density at radius 2 is 1.89 bits per heavy atom. The van der Waals surface area contributed by atoms with E-state index in [2.05, 4.69) is 10.5 Å². The van der Waals surface area contributed by atoms with Crippen LogP contribution in [-0.2, 0) is 6.61 Å². The second kappa shape index (κ2) is 9.15. The van der Waals surface area contributed by atoms with E-state index in [-0.39, 0.29) is 5.91 Å². The third kappa shape index (κ3) is 5.18. The van der Waals surface area contributed by atoms with Crippen LogP contribution >= 0.6 is 11.6 Å². The summed E-state index contributed by atoms with van der Waals surface area (Å²) in [6.45, 7) is 2.28. The van der Waals surface area contributed by atoms with Gasteiger partial charge in [-0.15, -0.1) is 0 Å². The SMILES string of the molecule is Cc1cc(OCc2ccc(C(=O)N/N=C\c3ccccc3F)cc2)ccc1Cl. The number of halogens is 2. The van der Waals surface area contributed by atoms with Crippen molar-refractivity contribution in [1.82, 2.24) is 5.43 Å². The summed E-state index contributed by atoms with van der Waals surface area (Å²) < 4.78 is 19.2. The van der Waals surface area contributed by atoms with Gasteiger partial charge in [-0.25, -0.2) is 9.82 Å². The average molecular weight is 397 g/mol. The molecule has 6 heteroatoms. The van der Waals surface area contributed by atoms with Crippen LogP contribution in [0.4, 0.5) is 4.39 Å². The molecular weight excluding hydrogens is 379 g/mol. The Kier molecular flexibility index (Phi) is 6.40. The summed E-state index contributed by atoms with van der Waals surface area (Å²) in [5.41, 5.74) is 4.99. The third-order valence-corrected chi connectivity index (χ3v) is 4.45. The van der Waals surface area contributed by atoms with Gasteiger partial charge in [0.15, 0.2) is 0 Å². The first kappa shape index (κ1) is 19.6. The van der Waals surface area contributed by atoms with Gasteiger partial charge in [0.25, 0.3) is 5.91 Å². The van der Waals surface area contributed by atoms with Gasteiger partial charge in [0, 0.05) is 16.1 Å². The number of rotatable bonds is 6. The zero-order valence-corrected chi connectivity index (χ0v) is 15.9. The van der Waals surface area contributed by atoms with Crippen molar-refractivity contribution in [3.8, 4) is 5.75 Å². The maximum Gasteiger partial charge on any atom is 0.271 e. The Bertz CT molecular complexity index is 1000. The van der Waals surface area contributed by atoms with Crippen molar-refractivity contribution in [3.63, 3.8) is 0 Å². The highest BCUT2D eigenvalue weighted by Gasteiger charge is 2.05. The van der Waals surface area contributed by atoms with Crippen LogP contribution in [-0.4, -0.2) is 12.1 Å². The second-order valence-electron chi connectivity index (χ2n) is 6.12. The van der Waals surface area contributed by atoms with E-state index in [9.17, 15) is 9.18 Å². The predicted octanol–water partition coefficient (Wildman–Crippen LogP) is 5.13. The number of carbonyl (C=O) groups excluding carboxylic acids is 1. The zero-order chi connectivity index (χ0) is 19.9.